The van der Waals surface area contributed by atoms with Crippen LogP contribution in [0.1, 0.15) is 37.4 Å². The zero-order chi connectivity index (χ0) is 10.7. The second-order valence-corrected chi connectivity index (χ2v) is 3.33. The lowest BCUT2D eigenvalue weighted by molar-refractivity contribution is 0.271. The second-order valence-electron chi connectivity index (χ2n) is 3.33. The summed E-state index contributed by atoms with van der Waals surface area (Å²) in [7, 11) is 0. The van der Waals surface area contributed by atoms with Gasteiger partial charge in [0.25, 0.3) is 0 Å². The van der Waals surface area contributed by atoms with E-state index >= 15 is 0 Å². The van der Waals surface area contributed by atoms with Gasteiger partial charge in [-0.15, -0.1) is 0 Å². The first-order valence-electron chi connectivity index (χ1n) is 4.62. The fraction of sp³-hybridized carbons (Fsp3) is 0.500. The van der Waals surface area contributed by atoms with Crippen LogP contribution >= 0.6 is 0 Å². The Morgan fingerprint density at radius 2 is 2.00 bits per heavy atom. The summed E-state index contributed by atoms with van der Waals surface area (Å²) in [6.45, 7) is 3.57. The van der Waals surface area contributed by atoms with Gasteiger partial charge in [-0.1, -0.05) is 13.8 Å². The summed E-state index contributed by atoms with van der Waals surface area (Å²) in [4.78, 5) is 4.01. The van der Waals surface area contributed by atoms with E-state index in [0.717, 1.165) is 6.42 Å². The molecule has 0 amide bonds. The molecule has 1 unspecified atom stereocenters. The maximum atomic E-state index is 9.59. The highest BCUT2D eigenvalue weighted by Crippen LogP contribution is 2.35. The standard InChI is InChI=1S/C10H15NO3/c1-3-6(2)8-10(14)9(13)7(5-12)4-11-8/h4,6,12,14H,3,5H2,1-2H3,(H,11,13). The molecular weight excluding hydrogens is 182 g/mol. The smallest absolute Gasteiger partial charge is 0.180 e. The van der Waals surface area contributed by atoms with Crippen molar-refractivity contribution >= 4 is 0 Å². The zero-order valence-electron chi connectivity index (χ0n) is 8.36. The van der Waals surface area contributed by atoms with Crippen LogP contribution in [0.3, 0.4) is 0 Å². The second kappa shape index (κ2) is 4.28. The van der Waals surface area contributed by atoms with Gasteiger partial charge >= 0.3 is 0 Å². The number of aromatic hydroxyl groups is 2. The largest absolute Gasteiger partial charge is 0.504 e. The van der Waals surface area contributed by atoms with Gasteiger partial charge in [0.05, 0.1) is 12.3 Å². The molecule has 0 aromatic carbocycles. The topological polar surface area (TPSA) is 73.6 Å². The predicted molar refractivity (Wildman–Crippen MR) is 52.2 cm³/mol. The molecule has 4 heteroatoms. The summed E-state index contributed by atoms with van der Waals surface area (Å²) < 4.78 is 0. The van der Waals surface area contributed by atoms with E-state index in [0.29, 0.717) is 5.69 Å². The first-order chi connectivity index (χ1) is 6.61. The molecule has 0 aliphatic heterocycles. The molecule has 78 valence electrons. The minimum Gasteiger partial charge on any atom is -0.504 e. The molecule has 0 spiro atoms. The summed E-state index contributed by atoms with van der Waals surface area (Å²) in [6.07, 6.45) is 2.22. The molecule has 3 N–H and O–H groups in total. The number of aliphatic hydroxyl groups excluding tert-OH is 1. The minimum atomic E-state index is -0.326. The molecule has 0 saturated heterocycles. The number of nitrogens with zero attached hydrogens (tertiary/aromatic N) is 1. The summed E-state index contributed by atoms with van der Waals surface area (Å²) in [5.41, 5.74) is 0.719. The Kier molecular flexibility index (Phi) is 3.30. The Labute approximate surface area is 82.9 Å². The Hall–Kier alpha value is -1.29. The van der Waals surface area contributed by atoms with Gasteiger partial charge in [-0.25, -0.2) is 0 Å². The normalized spacial score (nSPS) is 12.8. The molecule has 0 bridgehead atoms. The van der Waals surface area contributed by atoms with Gasteiger partial charge in [0.2, 0.25) is 0 Å². The number of pyridine rings is 1. The van der Waals surface area contributed by atoms with Crippen molar-refractivity contribution in [2.24, 2.45) is 0 Å². The Morgan fingerprint density at radius 3 is 2.50 bits per heavy atom. The van der Waals surface area contributed by atoms with E-state index in [9.17, 15) is 10.2 Å². The lowest BCUT2D eigenvalue weighted by Crippen LogP contribution is -1.98. The van der Waals surface area contributed by atoms with Crippen molar-refractivity contribution in [3.8, 4) is 11.5 Å². The molecule has 0 saturated carbocycles. The molecule has 1 aromatic heterocycles. The van der Waals surface area contributed by atoms with Gasteiger partial charge in [0.15, 0.2) is 11.5 Å². The van der Waals surface area contributed by atoms with E-state index in [1.54, 1.807) is 0 Å². The number of rotatable bonds is 3. The van der Waals surface area contributed by atoms with Crippen LogP contribution < -0.4 is 0 Å². The maximum Gasteiger partial charge on any atom is 0.180 e. The van der Waals surface area contributed by atoms with Crippen LogP contribution in [0, 0.1) is 0 Å². The molecule has 14 heavy (non-hydrogen) atoms. The van der Waals surface area contributed by atoms with Crippen molar-refractivity contribution < 1.29 is 15.3 Å². The van der Waals surface area contributed by atoms with Gasteiger partial charge in [-0.2, -0.15) is 0 Å². The Balaban J connectivity index is 3.17. The van der Waals surface area contributed by atoms with E-state index in [2.05, 4.69) is 4.98 Å². The number of aromatic nitrogens is 1. The van der Waals surface area contributed by atoms with Crippen LogP contribution in [0.15, 0.2) is 6.20 Å². The van der Waals surface area contributed by atoms with Crippen molar-refractivity contribution in [3.63, 3.8) is 0 Å². The van der Waals surface area contributed by atoms with E-state index in [4.69, 9.17) is 5.11 Å². The fourth-order valence-corrected chi connectivity index (χ4v) is 1.21. The minimum absolute atomic E-state index is 0.0913. The van der Waals surface area contributed by atoms with Crippen LogP contribution in [-0.4, -0.2) is 20.3 Å². The first-order valence-corrected chi connectivity index (χ1v) is 4.62. The average Bonchev–Trinajstić information content (AvgIpc) is 2.21. The van der Waals surface area contributed by atoms with Crippen LogP contribution in [0.4, 0.5) is 0 Å². The highest BCUT2D eigenvalue weighted by atomic mass is 16.3. The molecule has 1 aromatic rings. The van der Waals surface area contributed by atoms with Gasteiger partial charge < -0.3 is 15.3 Å². The van der Waals surface area contributed by atoms with Gasteiger partial charge in [-0.05, 0) is 6.42 Å². The quantitative estimate of drug-likeness (QED) is 0.686. The van der Waals surface area contributed by atoms with Gasteiger partial charge in [-0.3, -0.25) is 4.98 Å². The van der Waals surface area contributed by atoms with Crippen LogP contribution in [0.2, 0.25) is 0 Å². The van der Waals surface area contributed by atoms with Crippen molar-refractivity contribution in [3.05, 3.63) is 17.5 Å². The van der Waals surface area contributed by atoms with Crippen molar-refractivity contribution in [1.29, 1.82) is 0 Å². The highest BCUT2D eigenvalue weighted by molar-refractivity contribution is 5.46. The number of hydrogen-bond donors (Lipinski definition) is 3. The van der Waals surface area contributed by atoms with Crippen molar-refractivity contribution in [1.82, 2.24) is 4.98 Å². The van der Waals surface area contributed by atoms with Crippen LogP contribution in [0.25, 0.3) is 0 Å². The average molecular weight is 197 g/mol. The van der Waals surface area contributed by atoms with Gasteiger partial charge in [0.1, 0.15) is 0 Å². The molecule has 1 atom stereocenters. The molecular formula is C10H15NO3. The summed E-state index contributed by atoms with van der Waals surface area (Å²) in [5.74, 6) is -0.391. The highest BCUT2D eigenvalue weighted by Gasteiger charge is 2.16. The Bertz CT molecular complexity index is 325. The third-order valence-electron chi connectivity index (χ3n) is 2.38. The lowest BCUT2D eigenvalue weighted by atomic mass is 10.0. The SMILES string of the molecule is CCC(C)c1ncc(CO)c(O)c1O. The third-order valence-corrected chi connectivity index (χ3v) is 2.38. The first kappa shape index (κ1) is 10.8. The maximum absolute atomic E-state index is 9.59. The molecule has 1 heterocycles. The van der Waals surface area contributed by atoms with E-state index in [-0.39, 0.29) is 29.6 Å². The number of hydrogen-bond acceptors (Lipinski definition) is 4. The monoisotopic (exact) mass is 197 g/mol. The van der Waals surface area contributed by atoms with E-state index in [1.165, 1.54) is 6.20 Å². The van der Waals surface area contributed by atoms with Gasteiger partial charge in [0, 0.05) is 17.7 Å². The molecule has 1 rings (SSSR count). The fourth-order valence-electron chi connectivity index (χ4n) is 1.21. The van der Waals surface area contributed by atoms with Crippen molar-refractivity contribution in [2.45, 2.75) is 32.8 Å². The van der Waals surface area contributed by atoms with E-state index in [1.807, 2.05) is 13.8 Å². The number of aliphatic hydroxyl groups is 1. The molecule has 0 radical (unpaired) electrons. The zero-order valence-corrected chi connectivity index (χ0v) is 8.36. The summed E-state index contributed by atoms with van der Waals surface area (Å²) in [6, 6.07) is 0. The molecule has 0 aliphatic rings. The lowest BCUT2D eigenvalue weighted by Gasteiger charge is -2.12. The van der Waals surface area contributed by atoms with Crippen LogP contribution in [-0.2, 0) is 6.61 Å². The van der Waals surface area contributed by atoms with E-state index < -0.39 is 0 Å². The van der Waals surface area contributed by atoms with Crippen molar-refractivity contribution in [2.75, 3.05) is 0 Å². The predicted octanol–water partition coefficient (Wildman–Crippen LogP) is 1.50. The molecule has 4 nitrogen and oxygen atoms in total. The molecule has 0 aliphatic carbocycles. The summed E-state index contributed by atoms with van der Waals surface area (Å²) in [5, 5.41) is 27.9. The van der Waals surface area contributed by atoms with Crippen LogP contribution in [0.5, 0.6) is 11.5 Å². The molecule has 0 fully saturated rings. The third kappa shape index (κ3) is 1.80. The Morgan fingerprint density at radius 1 is 1.36 bits per heavy atom. The summed E-state index contributed by atoms with van der Waals surface area (Å²) >= 11 is 0.